The number of rotatable bonds is 14. The molecule has 0 saturated carbocycles. The second kappa shape index (κ2) is 11.8. The number of hydrogen-bond acceptors (Lipinski definition) is 0. The van der Waals surface area contributed by atoms with Crippen LogP contribution in [0.15, 0.2) is 18.7 Å². The van der Waals surface area contributed by atoms with E-state index in [1.165, 1.54) is 0 Å². The predicted octanol–water partition coefficient (Wildman–Crippen LogP) is 9.52. The van der Waals surface area contributed by atoms with Gasteiger partial charge in [-0.25, -0.2) is 9.13 Å². The van der Waals surface area contributed by atoms with E-state index in [1.54, 1.807) is 0 Å². The van der Waals surface area contributed by atoms with Gasteiger partial charge in [0, 0.05) is 0 Å². The topological polar surface area (TPSA) is 8.81 Å². The highest BCUT2D eigenvalue weighted by atomic mass is 19.4. The molecule has 0 aliphatic carbocycles. The number of hydrogen-bond donors (Lipinski definition) is 0. The Morgan fingerprint density at radius 2 is 0.588 bits per heavy atom. The number of imidazole rings is 1. The van der Waals surface area contributed by atoms with Crippen LogP contribution in [0.4, 0.5) is 132 Å². The van der Waals surface area contributed by atoms with Crippen molar-refractivity contribution < 1.29 is 136 Å². The van der Waals surface area contributed by atoms with E-state index in [1.807, 2.05) is 0 Å². The van der Waals surface area contributed by atoms with Crippen LogP contribution in [0.3, 0.4) is 0 Å². The minimum Gasteiger partial charge on any atom is -0.230 e. The molecule has 1 rings (SSSR count). The molecule has 0 spiro atoms. The van der Waals surface area contributed by atoms with Gasteiger partial charge in [-0.15, -0.1) is 0 Å². The van der Waals surface area contributed by atoms with Crippen LogP contribution in [0.2, 0.25) is 0 Å². The maximum atomic E-state index is 14.1. The van der Waals surface area contributed by atoms with Crippen LogP contribution in [0.1, 0.15) is 0 Å². The molecule has 0 aliphatic heterocycles. The average Bonchev–Trinajstić information content (AvgIpc) is 3.31. The first-order valence-corrected chi connectivity index (χ1v) is 11.4. The molecule has 1 aromatic heterocycles. The van der Waals surface area contributed by atoms with Gasteiger partial charge in [-0.1, -0.05) is 0 Å². The van der Waals surface area contributed by atoms with E-state index in [4.69, 9.17) is 0 Å². The van der Waals surface area contributed by atoms with E-state index in [0.29, 0.717) is 0 Å². The van der Waals surface area contributed by atoms with Crippen molar-refractivity contribution >= 4 is 0 Å². The Balaban J connectivity index is 3.55. The standard InChI is InChI=1S/C19H7F30N2/c20-6(21,8(24,25)10(28,29)12(32,33)13(34,35)15(38,39)17(42,43)19(47,48)49)3-50-1-2-51(5-50)4-7(22,23)9(26,27)11(30,31)14(36,37)16(40,41)18(44,45)46/h1-2,5H,3-4H2/q+1. The summed E-state index contributed by atoms with van der Waals surface area (Å²) in [7, 11) is 0. The molecule has 0 N–H and O–H groups in total. The summed E-state index contributed by atoms with van der Waals surface area (Å²) in [6, 6.07) is 0. The molecule has 0 bridgehead atoms. The number of alkyl halides is 30. The van der Waals surface area contributed by atoms with Crippen LogP contribution in [-0.2, 0) is 13.1 Å². The first-order valence-electron chi connectivity index (χ1n) is 11.4. The van der Waals surface area contributed by atoms with Gasteiger partial charge >= 0.3 is 83.4 Å². The van der Waals surface area contributed by atoms with Gasteiger partial charge in [-0.05, 0) is 0 Å². The zero-order valence-corrected chi connectivity index (χ0v) is 22.4. The fraction of sp³-hybridized carbons (Fsp3) is 0.842. The smallest absolute Gasteiger partial charge is 0.230 e. The highest BCUT2D eigenvalue weighted by molar-refractivity contribution is 5.15. The lowest BCUT2D eigenvalue weighted by molar-refractivity contribution is -0.719. The molecule has 32 heteroatoms. The lowest BCUT2D eigenvalue weighted by Crippen LogP contribution is -2.74. The summed E-state index contributed by atoms with van der Waals surface area (Å²) in [5.41, 5.74) is 0. The zero-order chi connectivity index (χ0) is 41.7. The minimum atomic E-state index is -9.04. The fourth-order valence-electron chi connectivity index (χ4n) is 3.28. The molecular weight excluding hydrogens is 826 g/mol. The maximum Gasteiger partial charge on any atom is 0.460 e. The van der Waals surface area contributed by atoms with E-state index < -0.39 is 124 Å². The van der Waals surface area contributed by atoms with E-state index in [2.05, 4.69) is 0 Å². The fourth-order valence-corrected chi connectivity index (χ4v) is 3.28. The monoisotopic (exact) mass is 833 g/mol. The number of halogens is 30. The predicted molar refractivity (Wildman–Crippen MR) is 96.1 cm³/mol. The van der Waals surface area contributed by atoms with Crippen LogP contribution in [0.25, 0.3) is 0 Å². The molecule has 0 radical (unpaired) electrons. The summed E-state index contributed by atoms with van der Waals surface area (Å²) in [5, 5.41) is 0. The van der Waals surface area contributed by atoms with Crippen molar-refractivity contribution in [3.8, 4) is 0 Å². The van der Waals surface area contributed by atoms with Gasteiger partial charge in [-0.2, -0.15) is 132 Å². The van der Waals surface area contributed by atoms with Crippen LogP contribution in [-0.4, -0.2) is 88.0 Å². The minimum absolute atomic E-state index is 0.570. The maximum absolute atomic E-state index is 14.1. The third-order valence-corrected chi connectivity index (χ3v) is 6.29. The van der Waals surface area contributed by atoms with Crippen molar-refractivity contribution in [3.05, 3.63) is 18.7 Å². The van der Waals surface area contributed by atoms with Crippen molar-refractivity contribution in [1.82, 2.24) is 4.57 Å². The molecule has 51 heavy (non-hydrogen) atoms. The summed E-state index contributed by atoms with van der Waals surface area (Å²) in [5.74, 6) is -100. The molecule has 0 aliphatic rings. The molecule has 1 heterocycles. The van der Waals surface area contributed by atoms with Gasteiger partial charge in [0.05, 0.1) is 0 Å². The van der Waals surface area contributed by atoms with Crippen molar-refractivity contribution in [2.24, 2.45) is 0 Å². The molecule has 0 fully saturated rings. The van der Waals surface area contributed by atoms with E-state index in [-0.39, 0.29) is 0 Å². The summed E-state index contributed by atoms with van der Waals surface area (Å²) in [6.07, 6.45) is -18.0. The van der Waals surface area contributed by atoms with Crippen molar-refractivity contribution in [3.63, 3.8) is 0 Å². The van der Waals surface area contributed by atoms with Gasteiger partial charge in [0.15, 0.2) is 13.1 Å². The third kappa shape index (κ3) is 6.22. The molecule has 0 unspecified atom stereocenters. The Hall–Kier alpha value is -2.89. The lowest BCUT2D eigenvalue weighted by atomic mass is 9.89. The van der Waals surface area contributed by atoms with Crippen LogP contribution >= 0.6 is 0 Å². The quantitative estimate of drug-likeness (QED) is 0.131. The average molecular weight is 833 g/mol. The summed E-state index contributed by atoms with van der Waals surface area (Å²) in [4.78, 5) is 0. The van der Waals surface area contributed by atoms with Crippen LogP contribution in [0.5, 0.6) is 0 Å². The first-order chi connectivity index (χ1) is 21.7. The van der Waals surface area contributed by atoms with E-state index >= 15 is 0 Å². The SMILES string of the molecule is FC(F)(F)C(F)(F)C(F)(F)C(F)(F)C(F)(F)C(F)(F)C[n+]1ccn(CC(F)(F)C(F)(F)C(F)(F)C(F)(F)C(F)(F)C(F)(F)C(F)(F)C(F)(F)F)c1. The van der Waals surface area contributed by atoms with Crippen molar-refractivity contribution in [1.29, 1.82) is 0 Å². The van der Waals surface area contributed by atoms with Gasteiger partial charge in [-0.3, -0.25) is 0 Å². The highest BCUT2D eigenvalue weighted by Gasteiger charge is 2.95. The second-order valence-corrected chi connectivity index (χ2v) is 9.91. The normalized spacial score (nSPS) is 16.6. The summed E-state index contributed by atoms with van der Waals surface area (Å²) < 4.78 is 396. The second-order valence-electron chi connectivity index (χ2n) is 9.91. The molecule has 0 atom stereocenters. The van der Waals surface area contributed by atoms with E-state index in [0.717, 1.165) is 0 Å². The number of aromatic nitrogens is 2. The van der Waals surface area contributed by atoms with Gasteiger partial charge in [0.2, 0.25) is 6.33 Å². The van der Waals surface area contributed by atoms with E-state index in [9.17, 15) is 132 Å². The number of nitrogens with zero attached hydrogens (tertiary/aromatic N) is 2. The Morgan fingerprint density at radius 3 is 0.882 bits per heavy atom. The summed E-state index contributed by atoms with van der Waals surface area (Å²) >= 11 is 0. The Kier molecular flexibility index (Phi) is 10.7. The van der Waals surface area contributed by atoms with Crippen LogP contribution in [0, 0.1) is 0 Å². The lowest BCUT2D eigenvalue weighted by Gasteiger charge is -2.42. The zero-order valence-electron chi connectivity index (χ0n) is 22.4. The Labute approximate surface area is 257 Å². The van der Waals surface area contributed by atoms with Gasteiger partial charge in [0.25, 0.3) is 0 Å². The molecule has 302 valence electrons. The molecule has 0 saturated heterocycles. The van der Waals surface area contributed by atoms with Crippen molar-refractivity contribution in [2.75, 3.05) is 0 Å². The first kappa shape index (κ1) is 46.1. The van der Waals surface area contributed by atoms with Gasteiger partial charge < -0.3 is 0 Å². The summed E-state index contributed by atoms with van der Waals surface area (Å²) in [6.45, 7) is -7.09. The Morgan fingerprint density at radius 1 is 0.333 bits per heavy atom. The molecule has 0 aromatic carbocycles. The molecule has 0 amide bonds. The third-order valence-electron chi connectivity index (χ3n) is 6.29. The van der Waals surface area contributed by atoms with Gasteiger partial charge in [0.1, 0.15) is 12.4 Å². The largest absolute Gasteiger partial charge is 0.460 e. The molecular formula is C19H7F30N2+. The Bertz CT molecular complexity index is 1390. The van der Waals surface area contributed by atoms with Crippen LogP contribution < -0.4 is 4.57 Å². The molecule has 2 nitrogen and oxygen atoms in total. The highest BCUT2D eigenvalue weighted by Crippen LogP contribution is 2.64. The van der Waals surface area contributed by atoms with Crippen molar-refractivity contribution in [2.45, 2.75) is 96.5 Å². The molecule has 1 aromatic rings.